The molecule has 1 heterocycles. The summed E-state index contributed by atoms with van der Waals surface area (Å²) >= 11 is 0. The molecule has 0 saturated heterocycles. The molecule has 0 unspecified atom stereocenters. The third-order valence-electron chi connectivity index (χ3n) is 4.96. The molecule has 13 heteroatoms. The number of aromatic nitrogens is 2. The lowest BCUT2D eigenvalue weighted by Crippen LogP contribution is -2.14. The van der Waals surface area contributed by atoms with Gasteiger partial charge in [-0.3, -0.25) is 25.0 Å². The van der Waals surface area contributed by atoms with Crippen molar-refractivity contribution in [2.45, 2.75) is 13.7 Å². The zero-order valence-electron chi connectivity index (χ0n) is 19.2. The van der Waals surface area contributed by atoms with Crippen LogP contribution in [0.1, 0.15) is 16.1 Å². The molecule has 0 radical (unpaired) electrons. The van der Waals surface area contributed by atoms with Gasteiger partial charge in [0.1, 0.15) is 17.3 Å². The summed E-state index contributed by atoms with van der Waals surface area (Å²) in [5, 5.41) is 29.0. The molecule has 3 aromatic carbocycles. The third-order valence-corrected chi connectivity index (χ3v) is 4.96. The van der Waals surface area contributed by atoms with Crippen molar-refractivity contribution in [1.29, 1.82) is 0 Å². The van der Waals surface area contributed by atoms with Crippen LogP contribution in [0.4, 0.5) is 21.5 Å². The van der Waals surface area contributed by atoms with Gasteiger partial charge in [-0.25, -0.2) is 9.07 Å². The number of rotatable bonds is 9. The molecule has 0 fully saturated rings. The highest BCUT2D eigenvalue weighted by atomic mass is 19.1. The van der Waals surface area contributed by atoms with Crippen LogP contribution in [0.15, 0.2) is 72.9 Å². The average Bonchev–Trinajstić information content (AvgIpc) is 3.33. The van der Waals surface area contributed by atoms with E-state index in [0.717, 1.165) is 23.8 Å². The molecule has 1 N–H and O–H groups in total. The van der Waals surface area contributed by atoms with E-state index in [2.05, 4.69) is 10.4 Å². The first-order valence-corrected chi connectivity index (χ1v) is 10.6. The molecule has 0 bridgehead atoms. The molecule has 0 aliphatic heterocycles. The Morgan fingerprint density at radius 3 is 2.46 bits per heavy atom. The number of hydrogen-bond acceptors (Lipinski definition) is 8. The van der Waals surface area contributed by atoms with Gasteiger partial charge in [0.25, 0.3) is 11.6 Å². The number of nitro benzene ring substituents is 2. The van der Waals surface area contributed by atoms with E-state index in [0.29, 0.717) is 5.75 Å². The van der Waals surface area contributed by atoms with Gasteiger partial charge in [-0.05, 0) is 31.2 Å². The summed E-state index contributed by atoms with van der Waals surface area (Å²) in [5.41, 5.74) is 0.321. The maximum absolute atomic E-state index is 13.5. The van der Waals surface area contributed by atoms with Crippen molar-refractivity contribution in [2.24, 2.45) is 0 Å². The third kappa shape index (κ3) is 6.22. The first-order chi connectivity index (χ1) is 17.7. The molecule has 0 atom stereocenters. The number of ether oxygens (including phenoxy) is 2. The fourth-order valence-electron chi connectivity index (χ4n) is 3.20. The van der Waals surface area contributed by atoms with Gasteiger partial charge >= 0.3 is 5.69 Å². The molecule has 0 aliphatic rings. The number of aryl methyl sites for hydroxylation is 1. The second-order valence-electron chi connectivity index (χ2n) is 7.72. The monoisotopic (exact) mass is 507 g/mol. The largest absolute Gasteiger partial charge is 0.464 e. The van der Waals surface area contributed by atoms with Gasteiger partial charge in [0.05, 0.1) is 21.6 Å². The fourth-order valence-corrected chi connectivity index (χ4v) is 3.20. The molecule has 1 amide bonds. The molecule has 0 spiro atoms. The normalized spacial score (nSPS) is 10.5. The Hall–Kier alpha value is -5.33. The van der Waals surface area contributed by atoms with E-state index in [1.165, 1.54) is 35.1 Å². The molecule has 4 rings (SSSR count). The number of halogens is 1. The van der Waals surface area contributed by atoms with Gasteiger partial charge in [-0.15, -0.1) is 0 Å². The topological polar surface area (TPSA) is 152 Å². The fraction of sp³-hybridized carbons (Fsp3) is 0.0833. The van der Waals surface area contributed by atoms with E-state index in [9.17, 15) is 29.4 Å². The van der Waals surface area contributed by atoms with Crippen molar-refractivity contribution >= 4 is 23.0 Å². The Kier molecular flexibility index (Phi) is 7.04. The molecule has 0 aliphatic carbocycles. The number of amides is 1. The summed E-state index contributed by atoms with van der Waals surface area (Å²) in [6.07, 6.45) is 1.37. The number of nitro groups is 2. The van der Waals surface area contributed by atoms with Crippen LogP contribution in [0, 0.1) is 33.0 Å². The van der Waals surface area contributed by atoms with Crippen molar-refractivity contribution in [3.63, 3.8) is 0 Å². The van der Waals surface area contributed by atoms with Gasteiger partial charge in [0.2, 0.25) is 5.75 Å². The van der Waals surface area contributed by atoms with Crippen molar-refractivity contribution in [2.75, 3.05) is 5.32 Å². The molecule has 0 saturated carbocycles. The van der Waals surface area contributed by atoms with E-state index >= 15 is 0 Å². The van der Waals surface area contributed by atoms with Crippen molar-refractivity contribution in [1.82, 2.24) is 9.78 Å². The lowest BCUT2D eigenvalue weighted by Gasteiger charge is -2.09. The van der Waals surface area contributed by atoms with E-state index in [-0.39, 0.29) is 35.3 Å². The lowest BCUT2D eigenvalue weighted by atomic mass is 10.2. The maximum atomic E-state index is 13.5. The predicted octanol–water partition coefficient (Wildman–Crippen LogP) is 5.23. The molecule has 12 nitrogen and oxygen atoms in total. The summed E-state index contributed by atoms with van der Waals surface area (Å²) < 4.78 is 25.6. The van der Waals surface area contributed by atoms with Gasteiger partial charge in [0, 0.05) is 30.5 Å². The molecule has 37 heavy (non-hydrogen) atoms. The predicted molar refractivity (Wildman–Crippen MR) is 128 cm³/mol. The van der Waals surface area contributed by atoms with Crippen LogP contribution in [-0.4, -0.2) is 25.5 Å². The highest BCUT2D eigenvalue weighted by Crippen LogP contribution is 2.30. The highest BCUT2D eigenvalue weighted by Gasteiger charge is 2.18. The van der Waals surface area contributed by atoms with Gasteiger partial charge in [-0.1, -0.05) is 17.7 Å². The van der Waals surface area contributed by atoms with Gasteiger partial charge in [0.15, 0.2) is 12.4 Å². The highest BCUT2D eigenvalue weighted by molar-refractivity contribution is 6.03. The second-order valence-corrected chi connectivity index (χ2v) is 7.72. The van der Waals surface area contributed by atoms with E-state index in [1.54, 1.807) is 12.1 Å². The SMILES string of the molecule is Cc1ccc(Oc2cc(NC(=O)c3ccn(COc4cc(F)ccc4[N+](=O)[O-])n3)cc([N+](=O)[O-])c2)cc1. The van der Waals surface area contributed by atoms with Crippen LogP contribution in [0.5, 0.6) is 17.2 Å². The Labute approximate surface area is 208 Å². The first-order valence-electron chi connectivity index (χ1n) is 10.6. The maximum Gasteiger partial charge on any atom is 0.311 e. The van der Waals surface area contributed by atoms with Crippen LogP contribution < -0.4 is 14.8 Å². The average molecular weight is 507 g/mol. The van der Waals surface area contributed by atoms with Gasteiger partial charge < -0.3 is 14.8 Å². The standard InChI is InChI=1S/C24H18FN5O7/c1-15-2-5-19(6-3-15)37-20-12-17(11-18(13-20)29(32)33)26-24(31)21-8-9-28(27-21)14-36-23-10-16(25)4-7-22(23)30(34)35/h2-13H,14H2,1H3,(H,26,31). The minimum absolute atomic E-state index is 0.0650. The molecule has 188 valence electrons. The summed E-state index contributed by atoms with van der Waals surface area (Å²) in [6.45, 7) is 1.56. The second kappa shape index (κ2) is 10.5. The van der Waals surface area contributed by atoms with Crippen LogP contribution in [-0.2, 0) is 6.73 Å². The number of nitrogens with one attached hydrogen (secondary N) is 1. The van der Waals surface area contributed by atoms with Crippen molar-refractivity contribution in [3.8, 4) is 17.2 Å². The quantitative estimate of drug-likeness (QED) is 0.239. The van der Waals surface area contributed by atoms with E-state index < -0.39 is 27.3 Å². The zero-order chi connectivity index (χ0) is 26.5. The number of carbonyl (C=O) groups is 1. The Balaban J connectivity index is 1.47. The summed E-state index contributed by atoms with van der Waals surface area (Å²) in [5.74, 6) is -1.10. The number of carbonyl (C=O) groups excluding carboxylic acids is 1. The van der Waals surface area contributed by atoms with Crippen LogP contribution in [0.3, 0.4) is 0 Å². The zero-order valence-corrected chi connectivity index (χ0v) is 19.2. The van der Waals surface area contributed by atoms with Crippen LogP contribution >= 0.6 is 0 Å². The molecule has 4 aromatic rings. The number of benzene rings is 3. The summed E-state index contributed by atoms with van der Waals surface area (Å²) in [4.78, 5) is 33.8. The Bertz CT molecular complexity index is 1490. The van der Waals surface area contributed by atoms with Gasteiger partial charge in [-0.2, -0.15) is 5.10 Å². The molecule has 1 aromatic heterocycles. The smallest absolute Gasteiger partial charge is 0.311 e. The van der Waals surface area contributed by atoms with Crippen molar-refractivity contribution < 1.29 is 28.5 Å². The lowest BCUT2D eigenvalue weighted by molar-refractivity contribution is -0.386. The van der Waals surface area contributed by atoms with Crippen LogP contribution in [0.2, 0.25) is 0 Å². The minimum atomic E-state index is -0.719. The molecular weight excluding hydrogens is 489 g/mol. The van der Waals surface area contributed by atoms with Crippen molar-refractivity contribution in [3.05, 3.63) is 110 Å². The summed E-state index contributed by atoms with van der Waals surface area (Å²) in [6, 6.07) is 15.0. The number of non-ortho nitro benzene ring substituents is 1. The van der Waals surface area contributed by atoms with E-state index in [4.69, 9.17) is 9.47 Å². The Morgan fingerprint density at radius 1 is 1.00 bits per heavy atom. The van der Waals surface area contributed by atoms with Crippen LogP contribution in [0.25, 0.3) is 0 Å². The number of anilines is 1. The molecular formula is C24H18FN5O7. The first kappa shape index (κ1) is 24.8. The van der Waals surface area contributed by atoms with E-state index in [1.807, 2.05) is 19.1 Å². The minimum Gasteiger partial charge on any atom is -0.464 e. The number of nitrogens with zero attached hydrogens (tertiary/aromatic N) is 4. The summed E-state index contributed by atoms with van der Waals surface area (Å²) in [7, 11) is 0. The Morgan fingerprint density at radius 2 is 1.76 bits per heavy atom. The number of hydrogen-bond donors (Lipinski definition) is 1.